The lowest BCUT2D eigenvalue weighted by Gasteiger charge is -2.27. The molecule has 3 atom stereocenters. The third-order valence-electron chi connectivity index (χ3n) is 3.90. The third-order valence-corrected chi connectivity index (χ3v) is 3.90. The summed E-state index contributed by atoms with van der Waals surface area (Å²) in [6, 6.07) is 0.245. The number of rotatable bonds is 5. The fraction of sp³-hybridized carbons (Fsp3) is 0.588. The molecule has 2 amide bonds. The summed E-state index contributed by atoms with van der Waals surface area (Å²) in [7, 11) is 0. The first-order valence-corrected chi connectivity index (χ1v) is 8.06. The van der Waals surface area contributed by atoms with Gasteiger partial charge in [0.15, 0.2) is 5.78 Å². The first-order chi connectivity index (χ1) is 11.2. The molecule has 1 saturated heterocycles. The number of hydrogen-bond donors (Lipinski definition) is 3. The van der Waals surface area contributed by atoms with Gasteiger partial charge in [-0.15, -0.1) is 0 Å². The number of aromatic amines is 1. The van der Waals surface area contributed by atoms with Crippen molar-refractivity contribution in [3.63, 3.8) is 0 Å². The fourth-order valence-corrected chi connectivity index (χ4v) is 2.64. The number of aromatic nitrogens is 1. The summed E-state index contributed by atoms with van der Waals surface area (Å²) in [6.45, 7) is 7.71. The Balaban J connectivity index is 2.08. The molecule has 24 heavy (non-hydrogen) atoms. The lowest BCUT2D eigenvalue weighted by atomic mass is 9.87. The normalized spacial score (nSPS) is 22.2. The Hall–Kier alpha value is -2.15. The molecular formula is C17H25N3O4. The van der Waals surface area contributed by atoms with Crippen LogP contribution in [0.4, 0.5) is 0 Å². The molecule has 2 rings (SSSR count). The number of amides is 2. The Kier molecular flexibility index (Phi) is 5.43. The van der Waals surface area contributed by atoms with Crippen LogP contribution < -0.4 is 10.6 Å². The van der Waals surface area contributed by atoms with E-state index in [9.17, 15) is 14.4 Å². The van der Waals surface area contributed by atoms with Gasteiger partial charge in [0.05, 0.1) is 11.7 Å². The van der Waals surface area contributed by atoms with E-state index in [1.165, 1.54) is 0 Å². The minimum atomic E-state index is -0.729. The third kappa shape index (κ3) is 4.67. The molecule has 1 aromatic rings. The molecule has 1 fully saturated rings. The lowest BCUT2D eigenvalue weighted by molar-refractivity contribution is -0.128. The Morgan fingerprint density at radius 2 is 2.12 bits per heavy atom. The van der Waals surface area contributed by atoms with Gasteiger partial charge >= 0.3 is 0 Å². The molecule has 0 aliphatic carbocycles. The van der Waals surface area contributed by atoms with Crippen LogP contribution in [0.25, 0.3) is 0 Å². The lowest BCUT2D eigenvalue weighted by Crippen LogP contribution is -2.53. The number of ketones is 1. The maximum absolute atomic E-state index is 12.6. The molecule has 0 spiro atoms. The molecular weight excluding hydrogens is 310 g/mol. The molecule has 1 unspecified atom stereocenters. The maximum atomic E-state index is 12.6. The number of H-pyrrole nitrogens is 1. The van der Waals surface area contributed by atoms with Crippen LogP contribution in [-0.4, -0.2) is 47.4 Å². The zero-order chi connectivity index (χ0) is 17.9. The van der Waals surface area contributed by atoms with Crippen LogP contribution in [0.1, 0.15) is 44.5 Å². The minimum Gasteiger partial charge on any atom is -0.368 e. The van der Waals surface area contributed by atoms with Gasteiger partial charge in [0.25, 0.3) is 5.91 Å². The maximum Gasteiger partial charge on any atom is 0.253 e. The van der Waals surface area contributed by atoms with Crippen LogP contribution in [-0.2, 0) is 14.3 Å². The van der Waals surface area contributed by atoms with E-state index in [0.717, 1.165) is 0 Å². The van der Waals surface area contributed by atoms with E-state index in [1.807, 2.05) is 20.8 Å². The highest BCUT2D eigenvalue weighted by molar-refractivity contribution is 5.98. The number of ether oxygens (including phenoxy) is 1. The number of carbonyl (C=O) groups is 3. The quantitative estimate of drug-likeness (QED) is 0.748. The highest BCUT2D eigenvalue weighted by Gasteiger charge is 2.36. The first-order valence-electron chi connectivity index (χ1n) is 8.06. The molecule has 3 N–H and O–H groups in total. The second-order valence-electron chi connectivity index (χ2n) is 7.36. The molecule has 7 heteroatoms. The van der Waals surface area contributed by atoms with Gasteiger partial charge < -0.3 is 20.4 Å². The van der Waals surface area contributed by atoms with Gasteiger partial charge in [0.2, 0.25) is 5.91 Å². The van der Waals surface area contributed by atoms with Gasteiger partial charge in [-0.1, -0.05) is 20.8 Å². The number of Topliss-reactive ketones (excluding diaryl/α,β-unsaturated/α-hetero) is 1. The summed E-state index contributed by atoms with van der Waals surface area (Å²) in [4.78, 5) is 39.5. The predicted molar refractivity (Wildman–Crippen MR) is 88.5 cm³/mol. The van der Waals surface area contributed by atoms with Gasteiger partial charge in [-0.25, -0.2) is 0 Å². The standard InChI is InChI=1S/C17H25N3O4/c1-10-14(13(21)9-24-10)20-16(23)12(7-17(2,3)4)19-15(22)11-5-6-18-8-11/h5-6,8,10,12,14,18H,7,9H2,1-4H3,(H,19,22)(H,20,23)/t10-,12?,14-/m0/s1. The van der Waals surface area contributed by atoms with Crippen molar-refractivity contribution in [2.45, 2.75) is 52.3 Å². The summed E-state index contributed by atoms with van der Waals surface area (Å²) >= 11 is 0. The van der Waals surface area contributed by atoms with E-state index in [1.54, 1.807) is 25.4 Å². The molecule has 1 aromatic heterocycles. The van der Waals surface area contributed by atoms with E-state index in [0.29, 0.717) is 12.0 Å². The molecule has 0 bridgehead atoms. The molecule has 7 nitrogen and oxygen atoms in total. The summed E-state index contributed by atoms with van der Waals surface area (Å²) in [5.41, 5.74) is 0.283. The molecule has 2 heterocycles. The van der Waals surface area contributed by atoms with Gasteiger partial charge in [-0.05, 0) is 24.8 Å². The van der Waals surface area contributed by atoms with E-state index < -0.39 is 12.1 Å². The van der Waals surface area contributed by atoms with Gasteiger partial charge in [0.1, 0.15) is 18.7 Å². The van der Waals surface area contributed by atoms with E-state index in [-0.39, 0.29) is 35.7 Å². The topological polar surface area (TPSA) is 100 Å². The molecule has 0 aromatic carbocycles. The monoisotopic (exact) mass is 335 g/mol. The zero-order valence-corrected chi connectivity index (χ0v) is 14.5. The fourth-order valence-electron chi connectivity index (χ4n) is 2.64. The Morgan fingerprint density at radius 1 is 1.42 bits per heavy atom. The Bertz CT molecular complexity index is 604. The number of carbonyl (C=O) groups excluding carboxylic acids is 3. The van der Waals surface area contributed by atoms with Crippen molar-refractivity contribution >= 4 is 17.6 Å². The van der Waals surface area contributed by atoms with Gasteiger partial charge in [0, 0.05) is 12.4 Å². The van der Waals surface area contributed by atoms with Gasteiger partial charge in [-0.2, -0.15) is 0 Å². The van der Waals surface area contributed by atoms with Crippen molar-refractivity contribution in [3.05, 3.63) is 24.0 Å². The largest absolute Gasteiger partial charge is 0.368 e. The molecule has 0 saturated carbocycles. The highest BCUT2D eigenvalue weighted by Crippen LogP contribution is 2.21. The summed E-state index contributed by atoms with van der Waals surface area (Å²) in [5, 5.41) is 5.47. The molecule has 1 aliphatic heterocycles. The van der Waals surface area contributed by atoms with Crippen LogP contribution in [0, 0.1) is 5.41 Å². The smallest absolute Gasteiger partial charge is 0.253 e. The van der Waals surface area contributed by atoms with Crippen molar-refractivity contribution < 1.29 is 19.1 Å². The minimum absolute atomic E-state index is 0.00571. The van der Waals surface area contributed by atoms with Crippen LogP contribution >= 0.6 is 0 Å². The second-order valence-corrected chi connectivity index (χ2v) is 7.36. The highest BCUT2D eigenvalue weighted by atomic mass is 16.5. The van der Waals surface area contributed by atoms with Crippen LogP contribution in [0.3, 0.4) is 0 Å². The van der Waals surface area contributed by atoms with Crippen LogP contribution in [0.2, 0.25) is 0 Å². The van der Waals surface area contributed by atoms with Crippen molar-refractivity contribution in [1.82, 2.24) is 15.6 Å². The molecule has 0 radical (unpaired) electrons. The number of nitrogens with one attached hydrogen (secondary N) is 3. The van der Waals surface area contributed by atoms with Gasteiger partial charge in [-0.3, -0.25) is 14.4 Å². The van der Waals surface area contributed by atoms with Crippen LogP contribution in [0.5, 0.6) is 0 Å². The Labute approximate surface area is 141 Å². The average molecular weight is 335 g/mol. The second kappa shape index (κ2) is 7.17. The average Bonchev–Trinajstić information content (AvgIpc) is 3.10. The zero-order valence-electron chi connectivity index (χ0n) is 14.5. The summed E-state index contributed by atoms with van der Waals surface area (Å²) in [5.74, 6) is -0.852. The SMILES string of the molecule is C[C@@H]1OCC(=O)[C@H]1NC(=O)C(CC(C)(C)C)NC(=O)c1cc[nH]c1. The van der Waals surface area contributed by atoms with E-state index >= 15 is 0 Å². The first kappa shape index (κ1) is 18.2. The van der Waals surface area contributed by atoms with Crippen molar-refractivity contribution in [2.75, 3.05) is 6.61 Å². The van der Waals surface area contributed by atoms with E-state index in [2.05, 4.69) is 15.6 Å². The summed E-state index contributed by atoms with van der Waals surface area (Å²) in [6.07, 6.45) is 3.30. The van der Waals surface area contributed by atoms with Crippen molar-refractivity contribution in [1.29, 1.82) is 0 Å². The predicted octanol–water partition coefficient (Wildman–Crippen LogP) is 1.02. The molecule has 132 valence electrons. The summed E-state index contributed by atoms with van der Waals surface area (Å²) < 4.78 is 5.24. The van der Waals surface area contributed by atoms with Crippen LogP contribution in [0.15, 0.2) is 18.5 Å². The van der Waals surface area contributed by atoms with Crippen molar-refractivity contribution in [3.8, 4) is 0 Å². The van der Waals surface area contributed by atoms with E-state index in [4.69, 9.17) is 4.74 Å². The molecule has 1 aliphatic rings. The Morgan fingerprint density at radius 3 is 2.62 bits per heavy atom. The number of hydrogen-bond acceptors (Lipinski definition) is 4. The van der Waals surface area contributed by atoms with Crippen molar-refractivity contribution in [2.24, 2.45) is 5.41 Å².